The lowest BCUT2D eigenvalue weighted by molar-refractivity contribution is -0.138. The molecule has 41 heavy (non-hydrogen) atoms. The topological polar surface area (TPSA) is 53.7 Å². The molecule has 0 bridgehead atoms. The predicted molar refractivity (Wildman–Crippen MR) is 147 cm³/mol. The van der Waals surface area contributed by atoms with E-state index in [1.807, 2.05) is 11.8 Å². The third kappa shape index (κ3) is 5.86. The molecule has 6 nitrogen and oxygen atoms in total. The van der Waals surface area contributed by atoms with Crippen LogP contribution in [0, 0.1) is 11.6 Å². The first-order valence-electron chi connectivity index (χ1n) is 13.2. The van der Waals surface area contributed by atoms with Gasteiger partial charge in [0.1, 0.15) is 17.2 Å². The number of rotatable bonds is 7. The summed E-state index contributed by atoms with van der Waals surface area (Å²) >= 11 is 6.13. The minimum Gasteiger partial charge on any atom is -0.365 e. The van der Waals surface area contributed by atoms with Crippen LogP contribution in [-0.2, 0) is 19.0 Å². The molecule has 1 saturated heterocycles. The first-order valence-corrected chi connectivity index (χ1v) is 13.6. The van der Waals surface area contributed by atoms with Crippen LogP contribution in [0.5, 0.6) is 0 Å². The molecule has 0 aliphatic carbocycles. The number of ketones is 1. The van der Waals surface area contributed by atoms with Gasteiger partial charge in [-0.2, -0.15) is 13.2 Å². The summed E-state index contributed by atoms with van der Waals surface area (Å²) in [7, 11) is 0. The number of carbonyl (C=O) groups excluding carboxylic acids is 1. The lowest BCUT2D eigenvalue weighted by Crippen LogP contribution is -2.53. The van der Waals surface area contributed by atoms with Gasteiger partial charge in [-0.1, -0.05) is 24.6 Å². The molecular weight excluding hydrogens is 565 g/mol. The van der Waals surface area contributed by atoms with Crippen molar-refractivity contribution in [3.63, 3.8) is 0 Å². The number of hydrogen-bond donors (Lipinski definition) is 0. The van der Waals surface area contributed by atoms with Gasteiger partial charge >= 0.3 is 6.18 Å². The molecule has 4 heterocycles. The zero-order chi connectivity index (χ0) is 29.5. The Labute approximate surface area is 238 Å². The lowest BCUT2D eigenvalue weighted by atomic mass is 10.0. The maximum absolute atomic E-state index is 15.2. The van der Waals surface area contributed by atoms with Crippen molar-refractivity contribution >= 4 is 34.5 Å². The Morgan fingerprint density at radius 2 is 1.88 bits per heavy atom. The Bertz CT molecular complexity index is 1600. The van der Waals surface area contributed by atoms with Gasteiger partial charge < -0.3 is 9.80 Å². The average Bonchev–Trinajstić information content (AvgIpc) is 3.29. The van der Waals surface area contributed by atoms with Crippen LogP contribution in [0.25, 0.3) is 5.65 Å². The Kier molecular flexibility index (Phi) is 7.91. The summed E-state index contributed by atoms with van der Waals surface area (Å²) in [6.45, 7) is 4.58. The molecule has 0 N–H and O–H groups in total. The number of hydrogen-bond acceptors (Lipinski definition) is 5. The number of carbonyl (C=O) groups is 1. The third-order valence-corrected chi connectivity index (χ3v) is 7.52. The Morgan fingerprint density at radius 3 is 2.54 bits per heavy atom. The first-order chi connectivity index (χ1) is 19.5. The van der Waals surface area contributed by atoms with Crippen LogP contribution in [0.4, 0.5) is 33.5 Å². The molecule has 0 saturated carbocycles. The average molecular weight is 592 g/mol. The molecule has 216 valence electrons. The summed E-state index contributed by atoms with van der Waals surface area (Å²) in [4.78, 5) is 24.8. The molecule has 12 heteroatoms. The molecule has 5 rings (SSSR count). The molecule has 0 radical (unpaired) electrons. The molecule has 1 aromatic carbocycles. The monoisotopic (exact) mass is 591 g/mol. The SMILES string of the molecule is CCc1nc2ccc(Cl)cn2c1C(=O)CCc1ccc(N2CCN(c3ncc(C(F)(F)F)cc3F)[C@@H](C)C2)c(F)c1. The number of anilines is 2. The number of halogens is 6. The maximum Gasteiger partial charge on any atom is 0.417 e. The summed E-state index contributed by atoms with van der Waals surface area (Å²) in [6.07, 6.45) is -1.34. The van der Waals surface area contributed by atoms with Gasteiger partial charge in [0.2, 0.25) is 0 Å². The summed E-state index contributed by atoms with van der Waals surface area (Å²) in [6, 6.07) is 8.40. The predicted octanol–water partition coefficient (Wildman–Crippen LogP) is 6.77. The van der Waals surface area contributed by atoms with E-state index in [2.05, 4.69) is 9.97 Å². The highest BCUT2D eigenvalue weighted by atomic mass is 35.5. The van der Waals surface area contributed by atoms with Gasteiger partial charge in [0.15, 0.2) is 17.4 Å². The van der Waals surface area contributed by atoms with Crippen LogP contribution in [0.3, 0.4) is 0 Å². The summed E-state index contributed by atoms with van der Waals surface area (Å²) in [5.74, 6) is -1.78. The van der Waals surface area contributed by atoms with Gasteiger partial charge in [0.25, 0.3) is 0 Å². The van der Waals surface area contributed by atoms with Crippen LogP contribution in [0.1, 0.15) is 47.6 Å². The van der Waals surface area contributed by atoms with Crippen molar-refractivity contribution in [2.75, 3.05) is 29.4 Å². The summed E-state index contributed by atoms with van der Waals surface area (Å²) < 4.78 is 70.1. The second-order valence-electron chi connectivity index (χ2n) is 10.1. The molecule has 0 spiro atoms. The number of aryl methyl sites for hydroxylation is 2. The smallest absolute Gasteiger partial charge is 0.365 e. The van der Waals surface area contributed by atoms with Crippen molar-refractivity contribution < 1.29 is 26.7 Å². The molecule has 0 amide bonds. The highest BCUT2D eigenvalue weighted by molar-refractivity contribution is 6.30. The second kappa shape index (κ2) is 11.3. The number of aromatic nitrogens is 3. The van der Waals surface area contributed by atoms with E-state index in [1.165, 1.54) is 6.07 Å². The number of Topliss-reactive ketones (excluding diaryl/α,β-unsaturated/α-hetero) is 1. The van der Waals surface area contributed by atoms with Crippen molar-refractivity contribution in [2.45, 2.75) is 45.3 Å². The van der Waals surface area contributed by atoms with E-state index < -0.39 is 23.4 Å². The van der Waals surface area contributed by atoms with Crippen LogP contribution < -0.4 is 9.80 Å². The van der Waals surface area contributed by atoms with Crippen LogP contribution in [-0.4, -0.2) is 45.8 Å². The van der Waals surface area contributed by atoms with Gasteiger partial charge in [0, 0.05) is 44.5 Å². The van der Waals surface area contributed by atoms with Crippen molar-refractivity contribution in [3.8, 4) is 0 Å². The van der Waals surface area contributed by atoms with E-state index in [0.29, 0.717) is 71.5 Å². The Hall–Kier alpha value is -3.73. The quantitative estimate of drug-likeness (QED) is 0.175. The standard InChI is InChI=1S/C29H27ClF5N5O/c1-3-23-27(40-16-20(30)6-9-26(40)37-23)25(41)8-5-18-4-7-24(21(31)12-18)38-10-11-39(17(2)15-38)28-22(32)13-19(14-36-28)29(33,34)35/h4,6-7,9,12-14,16-17H,3,5,8,10-11,15H2,1-2H3/t17-/m0/s1. The highest BCUT2D eigenvalue weighted by Crippen LogP contribution is 2.32. The van der Waals surface area contributed by atoms with Gasteiger partial charge in [-0.25, -0.2) is 18.7 Å². The number of imidazole rings is 1. The fraction of sp³-hybridized carbons (Fsp3) is 0.345. The fourth-order valence-corrected chi connectivity index (χ4v) is 5.40. The minimum atomic E-state index is -4.69. The minimum absolute atomic E-state index is 0.116. The molecule has 1 fully saturated rings. The lowest BCUT2D eigenvalue weighted by Gasteiger charge is -2.41. The number of pyridine rings is 2. The zero-order valence-electron chi connectivity index (χ0n) is 22.4. The maximum atomic E-state index is 15.2. The molecule has 3 aromatic heterocycles. The van der Waals surface area contributed by atoms with E-state index in [0.717, 1.165) is 0 Å². The molecule has 1 aliphatic heterocycles. The van der Waals surface area contributed by atoms with E-state index in [4.69, 9.17) is 11.6 Å². The molecule has 1 atom stereocenters. The van der Waals surface area contributed by atoms with Gasteiger partial charge in [-0.05, 0) is 55.7 Å². The molecule has 1 aliphatic rings. The van der Waals surface area contributed by atoms with Gasteiger partial charge in [-0.15, -0.1) is 0 Å². The number of benzene rings is 1. The van der Waals surface area contributed by atoms with E-state index >= 15 is 4.39 Å². The fourth-order valence-electron chi connectivity index (χ4n) is 5.24. The third-order valence-electron chi connectivity index (χ3n) is 7.30. The van der Waals surface area contributed by atoms with Crippen LogP contribution in [0.15, 0.2) is 48.8 Å². The van der Waals surface area contributed by atoms with Crippen LogP contribution >= 0.6 is 11.6 Å². The Morgan fingerprint density at radius 1 is 1.10 bits per heavy atom. The van der Waals surface area contributed by atoms with Gasteiger partial charge in [-0.3, -0.25) is 9.20 Å². The number of fused-ring (bicyclic) bond motifs is 1. The first kappa shape index (κ1) is 28.8. The highest BCUT2D eigenvalue weighted by Gasteiger charge is 2.34. The summed E-state index contributed by atoms with van der Waals surface area (Å²) in [5.41, 5.74) is 1.66. The van der Waals surface area contributed by atoms with Crippen molar-refractivity contribution in [1.29, 1.82) is 0 Å². The number of piperazine rings is 1. The normalized spacial score (nSPS) is 16.0. The van der Waals surface area contributed by atoms with Crippen molar-refractivity contribution in [3.05, 3.63) is 88.0 Å². The zero-order valence-corrected chi connectivity index (χ0v) is 23.1. The van der Waals surface area contributed by atoms with Crippen molar-refractivity contribution in [1.82, 2.24) is 14.4 Å². The second-order valence-corrected chi connectivity index (χ2v) is 10.5. The van der Waals surface area contributed by atoms with E-state index in [-0.39, 0.29) is 30.6 Å². The molecule has 0 unspecified atom stereocenters. The Balaban J connectivity index is 1.25. The number of alkyl halides is 3. The molecule has 4 aromatic rings. The van der Waals surface area contributed by atoms with Crippen molar-refractivity contribution in [2.24, 2.45) is 0 Å². The number of nitrogens with zero attached hydrogens (tertiary/aromatic N) is 5. The summed E-state index contributed by atoms with van der Waals surface area (Å²) in [5, 5.41) is 0.486. The van der Waals surface area contributed by atoms with E-state index in [9.17, 15) is 22.4 Å². The van der Waals surface area contributed by atoms with Gasteiger partial charge in [0.05, 0.1) is 22.0 Å². The van der Waals surface area contributed by atoms with E-state index in [1.54, 1.807) is 46.7 Å². The molecular formula is C29H27ClF5N5O. The van der Waals surface area contributed by atoms with Crippen LogP contribution in [0.2, 0.25) is 5.02 Å². The largest absolute Gasteiger partial charge is 0.417 e.